The number of amides is 6. The van der Waals surface area contributed by atoms with Gasteiger partial charge in [-0.1, -0.05) is 24.3 Å². The lowest BCUT2D eigenvalue weighted by molar-refractivity contribution is -0.136. The molecule has 55 heavy (non-hydrogen) atoms. The molecule has 2 fully saturated rings. The van der Waals surface area contributed by atoms with E-state index in [1.54, 1.807) is 30.3 Å². The van der Waals surface area contributed by atoms with Crippen molar-refractivity contribution in [3.05, 3.63) is 87.8 Å². The highest BCUT2D eigenvalue weighted by Gasteiger charge is 2.45. The quantitative estimate of drug-likeness (QED) is 0.0963. The molecule has 3 aliphatic rings. The van der Waals surface area contributed by atoms with E-state index in [1.807, 2.05) is 44.2 Å². The van der Waals surface area contributed by atoms with Gasteiger partial charge in [0.05, 0.1) is 36.5 Å². The zero-order valence-corrected chi connectivity index (χ0v) is 31.2. The number of ether oxygens (including phenoxy) is 2. The van der Waals surface area contributed by atoms with Crippen molar-refractivity contribution in [2.24, 2.45) is 5.92 Å². The molecule has 4 aromatic rings. The van der Waals surface area contributed by atoms with Crippen LogP contribution in [-0.2, 0) is 30.3 Å². The predicted octanol–water partition coefficient (Wildman–Crippen LogP) is 4.87. The summed E-state index contributed by atoms with van der Waals surface area (Å²) in [5.74, 6) is -1.65. The molecule has 14 nitrogen and oxygen atoms in total. The summed E-state index contributed by atoms with van der Waals surface area (Å²) >= 11 is 1.40. The van der Waals surface area contributed by atoms with Crippen LogP contribution in [0.25, 0.3) is 11.3 Å². The maximum Gasteiger partial charge on any atom is 0.264 e. The van der Waals surface area contributed by atoms with Crippen LogP contribution in [0, 0.1) is 19.8 Å². The molecule has 3 heterocycles. The lowest BCUT2D eigenvalue weighted by Gasteiger charge is -2.27. The number of hydrogen-bond acceptors (Lipinski definition) is 11. The Morgan fingerprint density at radius 1 is 0.909 bits per heavy atom. The fourth-order valence-electron chi connectivity index (χ4n) is 6.58. The van der Waals surface area contributed by atoms with Crippen molar-refractivity contribution in [3.63, 3.8) is 0 Å². The van der Waals surface area contributed by atoms with Gasteiger partial charge < -0.3 is 25.4 Å². The van der Waals surface area contributed by atoms with Crippen molar-refractivity contribution >= 4 is 63.3 Å². The number of fused-ring (bicyclic) bond motifs is 1. The van der Waals surface area contributed by atoms with Crippen molar-refractivity contribution in [2.45, 2.75) is 52.0 Å². The number of nitrogens with zero attached hydrogens (tertiary/aromatic N) is 2. The maximum absolute atomic E-state index is 13.3. The van der Waals surface area contributed by atoms with Gasteiger partial charge in [0.15, 0.2) is 5.13 Å². The summed E-state index contributed by atoms with van der Waals surface area (Å²) in [5.41, 5.74) is 5.05. The molecule has 6 amide bonds. The van der Waals surface area contributed by atoms with Gasteiger partial charge in [-0.05, 0) is 80.6 Å². The van der Waals surface area contributed by atoms with Crippen LogP contribution < -0.4 is 26.0 Å². The minimum absolute atomic E-state index is 0.0512. The molecule has 284 valence electrons. The summed E-state index contributed by atoms with van der Waals surface area (Å²) in [6.07, 6.45) is 2.16. The van der Waals surface area contributed by atoms with Crippen LogP contribution in [0.15, 0.2) is 60.7 Å². The van der Waals surface area contributed by atoms with E-state index in [-0.39, 0.29) is 67.9 Å². The summed E-state index contributed by atoms with van der Waals surface area (Å²) in [6, 6.07) is 16.9. The smallest absolute Gasteiger partial charge is 0.264 e. The normalized spacial score (nSPS) is 16.5. The topological polar surface area (TPSA) is 185 Å². The number of nitrogens with one attached hydrogen (secondary N) is 4. The SMILES string of the molecule is Cc1cc(-c2nc(NC(=O)Cc3cccc(OCCOCCNc4cccc5c4C(=O)N(C4CCC(=O)NC4=O)C5=O)c3)sc2C)ccc1NC(=O)C1CC1. The third kappa shape index (κ3) is 8.58. The fourth-order valence-corrected chi connectivity index (χ4v) is 7.44. The highest BCUT2D eigenvalue weighted by molar-refractivity contribution is 7.16. The minimum atomic E-state index is -1.03. The Kier molecular flexibility index (Phi) is 11.0. The molecule has 1 aromatic heterocycles. The van der Waals surface area contributed by atoms with E-state index in [4.69, 9.17) is 9.47 Å². The van der Waals surface area contributed by atoms with Crippen LogP contribution in [-0.4, -0.2) is 77.7 Å². The lowest BCUT2D eigenvalue weighted by atomic mass is 10.0. The Morgan fingerprint density at radius 2 is 1.73 bits per heavy atom. The zero-order valence-electron chi connectivity index (χ0n) is 30.4. The number of anilines is 3. The molecule has 4 N–H and O–H groups in total. The van der Waals surface area contributed by atoms with E-state index < -0.39 is 29.7 Å². The van der Waals surface area contributed by atoms with Gasteiger partial charge in [-0.2, -0.15) is 0 Å². The molecule has 7 rings (SSSR count). The molecule has 1 saturated heterocycles. The van der Waals surface area contributed by atoms with E-state index in [9.17, 15) is 28.8 Å². The first kappa shape index (κ1) is 37.4. The van der Waals surface area contributed by atoms with Crippen LogP contribution in [0.3, 0.4) is 0 Å². The molecule has 1 aliphatic carbocycles. The molecule has 1 unspecified atom stereocenters. The summed E-state index contributed by atoms with van der Waals surface area (Å²) < 4.78 is 11.6. The Morgan fingerprint density at radius 3 is 2.51 bits per heavy atom. The number of imide groups is 2. The second-order valence-corrected chi connectivity index (χ2v) is 14.9. The van der Waals surface area contributed by atoms with E-state index in [0.717, 1.165) is 50.7 Å². The first-order valence-corrected chi connectivity index (χ1v) is 18.9. The van der Waals surface area contributed by atoms with E-state index >= 15 is 0 Å². The monoisotopic (exact) mass is 764 g/mol. The molecular formula is C40H40N6O8S. The van der Waals surface area contributed by atoms with Crippen LogP contribution >= 0.6 is 11.3 Å². The van der Waals surface area contributed by atoms with Gasteiger partial charge in [0.1, 0.15) is 18.4 Å². The average Bonchev–Trinajstić information content (AvgIpc) is 3.90. The average molecular weight is 765 g/mol. The van der Waals surface area contributed by atoms with E-state index in [2.05, 4.69) is 26.3 Å². The number of carbonyl (C=O) groups is 6. The number of piperidine rings is 1. The molecule has 2 aliphatic heterocycles. The largest absolute Gasteiger partial charge is 0.491 e. The number of aryl methyl sites for hydroxylation is 2. The third-order valence-electron chi connectivity index (χ3n) is 9.54. The number of thiazole rings is 1. The van der Waals surface area contributed by atoms with Crippen molar-refractivity contribution in [1.29, 1.82) is 0 Å². The van der Waals surface area contributed by atoms with Crippen LogP contribution in [0.1, 0.15) is 62.4 Å². The van der Waals surface area contributed by atoms with Gasteiger partial charge in [0.2, 0.25) is 23.6 Å². The Balaban J connectivity index is 0.841. The van der Waals surface area contributed by atoms with E-state index in [0.29, 0.717) is 23.1 Å². The molecular weight excluding hydrogens is 725 g/mol. The first-order valence-electron chi connectivity index (χ1n) is 18.1. The van der Waals surface area contributed by atoms with Crippen molar-refractivity contribution in [2.75, 3.05) is 42.3 Å². The number of rotatable bonds is 15. The van der Waals surface area contributed by atoms with Crippen LogP contribution in [0.4, 0.5) is 16.5 Å². The van der Waals surface area contributed by atoms with Gasteiger partial charge in [0, 0.05) is 40.7 Å². The number of carbonyl (C=O) groups excluding carboxylic acids is 6. The van der Waals surface area contributed by atoms with Crippen molar-refractivity contribution < 1.29 is 38.2 Å². The van der Waals surface area contributed by atoms with Gasteiger partial charge in [-0.25, -0.2) is 4.98 Å². The fraction of sp³-hybridized carbons (Fsp3) is 0.325. The molecule has 0 bridgehead atoms. The molecule has 0 radical (unpaired) electrons. The van der Waals surface area contributed by atoms with Gasteiger partial charge >= 0.3 is 0 Å². The Bertz CT molecular complexity index is 2200. The Hall–Kier alpha value is -5.93. The highest BCUT2D eigenvalue weighted by atomic mass is 32.1. The van der Waals surface area contributed by atoms with Crippen molar-refractivity contribution in [3.8, 4) is 17.0 Å². The second-order valence-electron chi connectivity index (χ2n) is 13.7. The summed E-state index contributed by atoms with van der Waals surface area (Å²) in [7, 11) is 0. The van der Waals surface area contributed by atoms with Gasteiger partial charge in [-0.15, -0.1) is 11.3 Å². The summed E-state index contributed by atoms with van der Waals surface area (Å²) in [6.45, 7) is 5.08. The van der Waals surface area contributed by atoms with Crippen LogP contribution in [0.2, 0.25) is 0 Å². The molecule has 1 saturated carbocycles. The third-order valence-corrected chi connectivity index (χ3v) is 10.4. The molecule has 0 spiro atoms. The maximum atomic E-state index is 13.3. The standard InChI is InChI=1S/C40H40N6O8S/c1-22-19-26(11-12-29(22)42-36(49)25-9-10-25)35-23(2)55-40(45-35)44-33(48)21-24-5-3-6-27(20-24)54-18-17-53-16-15-41-30-8-4-7-28-34(30)39(52)46(38(28)51)31-13-14-32(47)43-37(31)50/h3-8,11-12,19-20,25,31,41H,9-10,13-18,21H2,1-2H3,(H,42,49)(H,43,47,50)(H,44,45,48). The number of aromatic nitrogens is 1. The predicted molar refractivity (Wildman–Crippen MR) is 205 cm³/mol. The summed E-state index contributed by atoms with van der Waals surface area (Å²) in [5, 5.41) is 11.8. The van der Waals surface area contributed by atoms with Gasteiger partial charge in [-0.3, -0.25) is 39.0 Å². The van der Waals surface area contributed by atoms with E-state index in [1.165, 1.54) is 11.3 Å². The summed E-state index contributed by atoms with van der Waals surface area (Å²) in [4.78, 5) is 82.0. The first-order chi connectivity index (χ1) is 26.5. The molecule has 15 heteroatoms. The molecule has 3 aromatic carbocycles. The lowest BCUT2D eigenvalue weighted by Crippen LogP contribution is -2.54. The minimum Gasteiger partial charge on any atom is -0.491 e. The second kappa shape index (κ2) is 16.2. The molecule has 1 atom stereocenters. The van der Waals surface area contributed by atoms with Crippen LogP contribution in [0.5, 0.6) is 5.75 Å². The highest BCUT2D eigenvalue weighted by Crippen LogP contribution is 2.35. The number of benzene rings is 3. The van der Waals surface area contributed by atoms with Crippen molar-refractivity contribution in [1.82, 2.24) is 15.2 Å². The Labute approximate surface area is 321 Å². The number of hydrogen-bond donors (Lipinski definition) is 4. The zero-order chi connectivity index (χ0) is 38.6. The van der Waals surface area contributed by atoms with Gasteiger partial charge in [0.25, 0.3) is 11.8 Å².